The van der Waals surface area contributed by atoms with E-state index in [-0.39, 0.29) is 6.61 Å². The van der Waals surface area contributed by atoms with E-state index in [2.05, 4.69) is 9.72 Å². The summed E-state index contributed by atoms with van der Waals surface area (Å²) in [7, 11) is 0. The van der Waals surface area contributed by atoms with E-state index in [1.807, 2.05) is 0 Å². The molecule has 0 aliphatic carbocycles. The molecular formula is C10H7F2N3O4. The van der Waals surface area contributed by atoms with Gasteiger partial charge in [0.05, 0.1) is 17.7 Å². The molecule has 0 saturated heterocycles. The van der Waals surface area contributed by atoms with E-state index in [1.165, 1.54) is 13.0 Å². The molecule has 0 fully saturated rings. The summed E-state index contributed by atoms with van der Waals surface area (Å²) in [6.45, 7) is 1.25. The van der Waals surface area contributed by atoms with E-state index in [9.17, 15) is 23.7 Å². The molecule has 0 radical (unpaired) electrons. The second kappa shape index (κ2) is 5.81. The van der Waals surface area contributed by atoms with Gasteiger partial charge in [0, 0.05) is 0 Å². The number of hydrogen-bond donors (Lipinski definition) is 0. The number of aromatic nitrogens is 1. The normalized spacial score (nSPS) is 10.1. The Morgan fingerprint density at radius 1 is 1.68 bits per heavy atom. The highest BCUT2D eigenvalue weighted by Crippen LogP contribution is 2.31. The Balaban J connectivity index is 3.64. The first-order valence-corrected chi connectivity index (χ1v) is 4.96. The first-order valence-electron chi connectivity index (χ1n) is 4.96. The Labute approximate surface area is 105 Å². The van der Waals surface area contributed by atoms with Crippen molar-refractivity contribution in [1.29, 1.82) is 5.26 Å². The number of halogens is 2. The summed E-state index contributed by atoms with van der Waals surface area (Å²) >= 11 is 0. The molecule has 0 saturated carbocycles. The number of nitrogens with zero attached hydrogens (tertiary/aromatic N) is 3. The first-order chi connectivity index (χ1) is 8.93. The summed E-state index contributed by atoms with van der Waals surface area (Å²) in [6, 6.07) is 1.42. The van der Waals surface area contributed by atoms with Gasteiger partial charge in [-0.15, -0.1) is 0 Å². The zero-order valence-electron chi connectivity index (χ0n) is 9.59. The third kappa shape index (κ3) is 2.79. The zero-order valence-corrected chi connectivity index (χ0v) is 9.59. The largest absolute Gasteiger partial charge is 0.462 e. The van der Waals surface area contributed by atoms with E-state index >= 15 is 0 Å². The summed E-state index contributed by atoms with van der Waals surface area (Å²) in [5.41, 5.74) is -3.67. The van der Waals surface area contributed by atoms with Gasteiger partial charge in [-0.3, -0.25) is 15.1 Å². The molecule has 0 spiro atoms. The molecule has 7 nitrogen and oxygen atoms in total. The number of carbonyl (C=O) groups excluding carboxylic acids is 1. The standard InChI is InChI=1S/C10H7F2N3O4/c1-2-19-10(16)6-7(9(11)12)14-4-5(3-13)8(6)15(17)18/h4,9H,2H2,1H3. The Morgan fingerprint density at radius 3 is 2.74 bits per heavy atom. The Morgan fingerprint density at radius 2 is 2.32 bits per heavy atom. The summed E-state index contributed by atoms with van der Waals surface area (Å²) in [4.78, 5) is 24.5. The molecule has 1 rings (SSSR count). The van der Waals surface area contributed by atoms with E-state index < -0.39 is 39.8 Å². The molecule has 9 heteroatoms. The Kier molecular flexibility index (Phi) is 4.41. The average Bonchev–Trinajstić information content (AvgIpc) is 2.36. The van der Waals surface area contributed by atoms with Gasteiger partial charge in [-0.05, 0) is 6.92 Å². The molecule has 0 amide bonds. The maximum absolute atomic E-state index is 12.7. The van der Waals surface area contributed by atoms with Crippen molar-refractivity contribution >= 4 is 11.7 Å². The highest BCUT2D eigenvalue weighted by Gasteiger charge is 2.33. The lowest BCUT2D eigenvalue weighted by Crippen LogP contribution is -2.14. The van der Waals surface area contributed by atoms with Gasteiger partial charge in [0.15, 0.2) is 5.56 Å². The predicted molar refractivity (Wildman–Crippen MR) is 56.5 cm³/mol. The number of nitriles is 1. The lowest BCUT2D eigenvalue weighted by Gasteiger charge is -2.08. The van der Waals surface area contributed by atoms with Crippen LogP contribution in [0.2, 0.25) is 0 Å². The summed E-state index contributed by atoms with van der Waals surface area (Å²) in [5.74, 6) is -1.31. The Bertz CT molecular complexity index is 569. The van der Waals surface area contributed by atoms with E-state index in [0.29, 0.717) is 6.20 Å². The third-order valence-corrected chi connectivity index (χ3v) is 2.07. The van der Waals surface area contributed by atoms with Crippen LogP contribution in [0.4, 0.5) is 14.5 Å². The fourth-order valence-corrected chi connectivity index (χ4v) is 1.36. The zero-order chi connectivity index (χ0) is 14.6. The fraction of sp³-hybridized carbons (Fsp3) is 0.300. The number of hydrogen-bond acceptors (Lipinski definition) is 6. The maximum Gasteiger partial charge on any atom is 0.347 e. The molecule has 0 aromatic carbocycles. The van der Waals surface area contributed by atoms with Crippen LogP contribution >= 0.6 is 0 Å². The quantitative estimate of drug-likeness (QED) is 0.470. The fourth-order valence-electron chi connectivity index (χ4n) is 1.36. The van der Waals surface area contributed by atoms with Crippen LogP contribution in [0.3, 0.4) is 0 Å². The van der Waals surface area contributed by atoms with Crippen LogP contribution in [0.25, 0.3) is 0 Å². The van der Waals surface area contributed by atoms with Crippen molar-refractivity contribution in [2.24, 2.45) is 0 Å². The molecule has 19 heavy (non-hydrogen) atoms. The number of ether oxygens (including phenoxy) is 1. The second-order valence-corrected chi connectivity index (χ2v) is 3.17. The van der Waals surface area contributed by atoms with Crippen molar-refractivity contribution in [3.05, 3.63) is 33.1 Å². The Hall–Kier alpha value is -2.63. The van der Waals surface area contributed by atoms with Gasteiger partial charge in [0.2, 0.25) is 0 Å². The van der Waals surface area contributed by atoms with Gasteiger partial charge >= 0.3 is 11.7 Å². The van der Waals surface area contributed by atoms with Crippen molar-refractivity contribution in [2.45, 2.75) is 13.3 Å². The molecule has 0 bridgehead atoms. The van der Waals surface area contributed by atoms with Crippen molar-refractivity contribution in [3.63, 3.8) is 0 Å². The molecule has 0 atom stereocenters. The van der Waals surface area contributed by atoms with E-state index in [1.54, 1.807) is 0 Å². The van der Waals surface area contributed by atoms with Gasteiger partial charge in [-0.2, -0.15) is 5.26 Å². The van der Waals surface area contributed by atoms with Gasteiger partial charge in [-0.25, -0.2) is 13.6 Å². The predicted octanol–water partition coefficient (Wildman–Crippen LogP) is 1.98. The molecule has 1 aromatic heterocycles. The van der Waals surface area contributed by atoms with Crippen LogP contribution in [-0.2, 0) is 4.74 Å². The minimum absolute atomic E-state index is 0.157. The lowest BCUT2D eigenvalue weighted by atomic mass is 10.1. The highest BCUT2D eigenvalue weighted by atomic mass is 19.3. The molecule has 0 aliphatic rings. The molecule has 0 N–H and O–H groups in total. The number of nitro groups is 1. The van der Waals surface area contributed by atoms with Crippen molar-refractivity contribution in [3.8, 4) is 6.07 Å². The second-order valence-electron chi connectivity index (χ2n) is 3.17. The highest BCUT2D eigenvalue weighted by molar-refractivity contribution is 5.96. The number of pyridine rings is 1. The summed E-state index contributed by atoms with van der Waals surface area (Å²) in [5, 5.41) is 19.6. The molecule has 1 heterocycles. The molecule has 1 aromatic rings. The maximum atomic E-state index is 12.7. The minimum atomic E-state index is -3.20. The van der Waals surface area contributed by atoms with Crippen LogP contribution in [-0.4, -0.2) is 22.5 Å². The SMILES string of the molecule is CCOC(=O)c1c(C(F)F)ncc(C#N)c1[N+](=O)[O-]. The van der Waals surface area contributed by atoms with Gasteiger partial charge in [0.25, 0.3) is 6.43 Å². The average molecular weight is 271 g/mol. The number of carbonyl (C=O) groups is 1. The first kappa shape index (κ1) is 14.4. The van der Waals surface area contributed by atoms with Gasteiger partial charge < -0.3 is 4.74 Å². The summed E-state index contributed by atoms with van der Waals surface area (Å²) < 4.78 is 29.9. The van der Waals surface area contributed by atoms with Crippen molar-refractivity contribution in [1.82, 2.24) is 4.98 Å². The van der Waals surface area contributed by atoms with Crippen LogP contribution in [0.1, 0.15) is 35.0 Å². The van der Waals surface area contributed by atoms with Gasteiger partial charge in [-0.1, -0.05) is 0 Å². The van der Waals surface area contributed by atoms with E-state index in [4.69, 9.17) is 5.26 Å². The van der Waals surface area contributed by atoms with Crippen molar-refractivity contribution < 1.29 is 23.2 Å². The number of rotatable bonds is 4. The molecule has 100 valence electrons. The lowest BCUT2D eigenvalue weighted by molar-refractivity contribution is -0.385. The monoisotopic (exact) mass is 271 g/mol. The summed E-state index contributed by atoms with van der Waals surface area (Å²) in [6.07, 6.45) is -2.58. The van der Waals surface area contributed by atoms with E-state index in [0.717, 1.165) is 0 Å². The molecule has 0 aliphatic heterocycles. The third-order valence-electron chi connectivity index (χ3n) is 2.07. The molecular weight excluding hydrogens is 264 g/mol. The van der Waals surface area contributed by atoms with Crippen LogP contribution < -0.4 is 0 Å². The van der Waals surface area contributed by atoms with Crippen LogP contribution in [0, 0.1) is 21.4 Å². The smallest absolute Gasteiger partial charge is 0.347 e. The van der Waals surface area contributed by atoms with Gasteiger partial charge in [0.1, 0.15) is 17.3 Å². The topological polar surface area (TPSA) is 106 Å². The van der Waals surface area contributed by atoms with Crippen LogP contribution in [0.5, 0.6) is 0 Å². The number of alkyl halides is 2. The minimum Gasteiger partial charge on any atom is -0.462 e. The molecule has 0 unspecified atom stereocenters. The van der Waals surface area contributed by atoms with Crippen molar-refractivity contribution in [2.75, 3.05) is 6.61 Å². The number of esters is 1. The van der Waals surface area contributed by atoms with Crippen LogP contribution in [0.15, 0.2) is 6.20 Å².